The average Bonchev–Trinajstić information content (AvgIpc) is 2.64. The first-order valence-electron chi connectivity index (χ1n) is 8.26. The number of rotatable bonds is 4. The van der Waals surface area contributed by atoms with Gasteiger partial charge in [0.15, 0.2) is 0 Å². The largest absolute Gasteiger partial charge is 0.506 e. The van der Waals surface area contributed by atoms with Gasteiger partial charge in [0.05, 0.1) is 24.3 Å². The van der Waals surface area contributed by atoms with Gasteiger partial charge in [0.2, 0.25) is 0 Å². The Hall–Kier alpha value is -2.24. The van der Waals surface area contributed by atoms with Crippen LogP contribution in [0.4, 0.5) is 5.69 Å². The molecule has 1 atom stereocenters. The molecule has 1 aliphatic heterocycles. The lowest BCUT2D eigenvalue weighted by Crippen LogP contribution is -2.36. The number of carbonyl (C=O) groups excluding carboxylic acids is 1. The van der Waals surface area contributed by atoms with Crippen molar-refractivity contribution in [1.29, 1.82) is 0 Å². The number of nitrogens with zero attached hydrogens (tertiary/aromatic N) is 1. The maximum Gasteiger partial charge on any atom is 0.251 e. The van der Waals surface area contributed by atoms with Gasteiger partial charge in [0, 0.05) is 24.3 Å². The first kappa shape index (κ1) is 17.6. The zero-order valence-electron chi connectivity index (χ0n) is 14.0. The van der Waals surface area contributed by atoms with Gasteiger partial charge < -0.3 is 20.1 Å². The Bertz CT molecular complexity index is 743. The smallest absolute Gasteiger partial charge is 0.251 e. The van der Waals surface area contributed by atoms with E-state index < -0.39 is 0 Å². The van der Waals surface area contributed by atoms with Gasteiger partial charge in [-0.2, -0.15) is 0 Å². The molecule has 1 saturated heterocycles. The molecular formula is C19H21ClN2O3. The van der Waals surface area contributed by atoms with Crippen molar-refractivity contribution in [3.8, 4) is 5.75 Å². The third-order valence-electron chi connectivity index (χ3n) is 4.33. The molecule has 0 spiro atoms. The number of hydrogen-bond acceptors (Lipinski definition) is 4. The van der Waals surface area contributed by atoms with Gasteiger partial charge in [-0.3, -0.25) is 4.79 Å². The highest BCUT2D eigenvalue weighted by atomic mass is 35.5. The molecule has 0 bridgehead atoms. The van der Waals surface area contributed by atoms with Crippen molar-refractivity contribution in [1.82, 2.24) is 5.32 Å². The molecule has 0 aliphatic carbocycles. The van der Waals surface area contributed by atoms with E-state index in [2.05, 4.69) is 22.3 Å². The molecule has 0 unspecified atom stereocenters. The van der Waals surface area contributed by atoms with Gasteiger partial charge in [-0.05, 0) is 42.8 Å². The third kappa shape index (κ3) is 4.24. The number of aromatic hydroxyl groups is 1. The molecule has 2 aromatic carbocycles. The number of amides is 1. The number of halogens is 1. The van der Waals surface area contributed by atoms with E-state index in [0.29, 0.717) is 5.56 Å². The summed E-state index contributed by atoms with van der Waals surface area (Å²) >= 11 is 5.86. The Morgan fingerprint density at radius 1 is 1.20 bits per heavy atom. The van der Waals surface area contributed by atoms with Gasteiger partial charge >= 0.3 is 0 Å². The van der Waals surface area contributed by atoms with E-state index in [1.807, 2.05) is 19.1 Å². The van der Waals surface area contributed by atoms with Crippen LogP contribution in [0, 0.1) is 0 Å². The zero-order valence-corrected chi connectivity index (χ0v) is 14.8. The highest BCUT2D eigenvalue weighted by Crippen LogP contribution is 2.24. The van der Waals surface area contributed by atoms with Crippen LogP contribution in [-0.2, 0) is 4.74 Å². The van der Waals surface area contributed by atoms with Crippen LogP contribution >= 0.6 is 11.6 Å². The fourth-order valence-electron chi connectivity index (χ4n) is 2.81. The molecule has 2 aromatic rings. The van der Waals surface area contributed by atoms with Crippen molar-refractivity contribution >= 4 is 23.2 Å². The van der Waals surface area contributed by atoms with Crippen LogP contribution in [0.1, 0.15) is 28.9 Å². The summed E-state index contributed by atoms with van der Waals surface area (Å²) in [7, 11) is 0. The topological polar surface area (TPSA) is 61.8 Å². The number of phenolic OH excluding ortho intramolecular Hbond substituents is 1. The number of morpholine rings is 1. The Morgan fingerprint density at radius 3 is 2.52 bits per heavy atom. The molecule has 0 radical (unpaired) electrons. The molecule has 6 heteroatoms. The second-order valence-corrected chi connectivity index (χ2v) is 6.46. The van der Waals surface area contributed by atoms with Crippen LogP contribution in [0.3, 0.4) is 0 Å². The van der Waals surface area contributed by atoms with Gasteiger partial charge in [0.25, 0.3) is 5.91 Å². The maximum absolute atomic E-state index is 12.3. The lowest BCUT2D eigenvalue weighted by molar-refractivity contribution is 0.0940. The highest BCUT2D eigenvalue weighted by molar-refractivity contribution is 6.32. The van der Waals surface area contributed by atoms with Crippen LogP contribution in [0.5, 0.6) is 5.75 Å². The molecule has 0 aromatic heterocycles. The molecule has 1 fully saturated rings. The number of benzene rings is 2. The summed E-state index contributed by atoms with van der Waals surface area (Å²) in [5.74, 6) is -0.267. The van der Waals surface area contributed by atoms with E-state index >= 15 is 0 Å². The second kappa shape index (κ2) is 7.76. The van der Waals surface area contributed by atoms with Crippen molar-refractivity contribution in [2.45, 2.75) is 13.0 Å². The fourth-order valence-corrected chi connectivity index (χ4v) is 2.99. The minimum absolute atomic E-state index is 0.0371. The lowest BCUT2D eigenvalue weighted by Gasteiger charge is -2.29. The molecule has 25 heavy (non-hydrogen) atoms. The van der Waals surface area contributed by atoms with Crippen molar-refractivity contribution in [2.24, 2.45) is 0 Å². The number of ether oxygens (including phenoxy) is 1. The molecule has 1 amide bonds. The third-order valence-corrected chi connectivity index (χ3v) is 4.63. The minimum Gasteiger partial charge on any atom is -0.506 e. The van der Waals surface area contributed by atoms with E-state index in [1.165, 1.54) is 12.1 Å². The van der Waals surface area contributed by atoms with Crippen molar-refractivity contribution in [3.63, 3.8) is 0 Å². The number of hydrogen-bond donors (Lipinski definition) is 2. The van der Waals surface area contributed by atoms with E-state index in [4.69, 9.17) is 16.3 Å². The lowest BCUT2D eigenvalue weighted by atomic mass is 10.1. The van der Waals surface area contributed by atoms with Gasteiger partial charge in [-0.15, -0.1) is 0 Å². The number of carbonyl (C=O) groups is 1. The Kier molecular flexibility index (Phi) is 5.46. The van der Waals surface area contributed by atoms with Crippen molar-refractivity contribution in [2.75, 3.05) is 31.2 Å². The highest BCUT2D eigenvalue weighted by Gasteiger charge is 2.14. The summed E-state index contributed by atoms with van der Waals surface area (Å²) in [6, 6.07) is 12.5. The summed E-state index contributed by atoms with van der Waals surface area (Å²) < 4.78 is 5.37. The summed E-state index contributed by atoms with van der Waals surface area (Å²) in [6.07, 6.45) is 0. The SMILES string of the molecule is C[C@@H](NC(=O)c1ccc(O)c(Cl)c1)c1ccc(N2CCOCC2)cc1. The van der Waals surface area contributed by atoms with Crippen molar-refractivity contribution < 1.29 is 14.6 Å². The Morgan fingerprint density at radius 2 is 1.88 bits per heavy atom. The van der Waals surface area contributed by atoms with E-state index in [0.717, 1.165) is 37.6 Å². The molecule has 132 valence electrons. The van der Waals surface area contributed by atoms with E-state index in [-0.39, 0.29) is 22.7 Å². The summed E-state index contributed by atoms with van der Waals surface area (Å²) in [5.41, 5.74) is 2.60. The molecular weight excluding hydrogens is 340 g/mol. The molecule has 1 aliphatic rings. The van der Waals surface area contributed by atoms with Gasteiger partial charge in [-0.25, -0.2) is 0 Å². The number of anilines is 1. The summed E-state index contributed by atoms with van der Waals surface area (Å²) in [6.45, 7) is 5.23. The number of phenols is 1. The quantitative estimate of drug-likeness (QED) is 0.877. The van der Waals surface area contributed by atoms with E-state index in [1.54, 1.807) is 6.07 Å². The average molecular weight is 361 g/mol. The predicted octanol–water partition coefficient (Wildman–Crippen LogP) is 3.37. The molecule has 0 saturated carbocycles. The summed E-state index contributed by atoms with van der Waals surface area (Å²) in [5, 5.41) is 12.6. The second-order valence-electron chi connectivity index (χ2n) is 6.05. The molecule has 1 heterocycles. The zero-order chi connectivity index (χ0) is 17.8. The molecule has 3 rings (SSSR count). The predicted molar refractivity (Wildman–Crippen MR) is 98.5 cm³/mol. The van der Waals surface area contributed by atoms with Gasteiger partial charge in [0.1, 0.15) is 5.75 Å². The molecule has 2 N–H and O–H groups in total. The van der Waals surface area contributed by atoms with Crippen LogP contribution < -0.4 is 10.2 Å². The molecule has 5 nitrogen and oxygen atoms in total. The Labute approximate surface area is 152 Å². The van der Waals surface area contributed by atoms with Crippen LogP contribution in [0.2, 0.25) is 5.02 Å². The van der Waals surface area contributed by atoms with Crippen LogP contribution in [-0.4, -0.2) is 37.3 Å². The minimum atomic E-state index is -0.230. The summed E-state index contributed by atoms with van der Waals surface area (Å²) in [4.78, 5) is 14.6. The van der Waals surface area contributed by atoms with Gasteiger partial charge in [-0.1, -0.05) is 23.7 Å². The first-order chi connectivity index (χ1) is 12.0. The maximum atomic E-state index is 12.3. The number of nitrogens with one attached hydrogen (secondary N) is 1. The van der Waals surface area contributed by atoms with Crippen LogP contribution in [0.15, 0.2) is 42.5 Å². The monoisotopic (exact) mass is 360 g/mol. The standard InChI is InChI=1S/C19H21ClN2O3/c1-13(21-19(24)15-4-7-18(23)17(20)12-15)14-2-5-16(6-3-14)22-8-10-25-11-9-22/h2-7,12-13,23H,8-11H2,1H3,(H,21,24)/t13-/m1/s1. The fraction of sp³-hybridized carbons (Fsp3) is 0.316. The first-order valence-corrected chi connectivity index (χ1v) is 8.64. The van der Waals surface area contributed by atoms with Crippen LogP contribution in [0.25, 0.3) is 0 Å². The normalized spacial score (nSPS) is 15.7. The van der Waals surface area contributed by atoms with E-state index in [9.17, 15) is 9.90 Å². The Balaban J connectivity index is 1.65. The van der Waals surface area contributed by atoms with Crippen molar-refractivity contribution in [3.05, 3.63) is 58.6 Å².